The van der Waals surface area contributed by atoms with Crippen LogP contribution in [0, 0.1) is 0 Å². The molecular weight excluding hydrogens is 412 g/mol. The number of nitrogens with zero attached hydrogens (tertiary/aromatic N) is 1. The monoisotopic (exact) mass is 434 g/mol. The van der Waals surface area contributed by atoms with Crippen molar-refractivity contribution < 1.29 is 27.6 Å². The second-order valence-electron chi connectivity index (χ2n) is 7.84. The van der Waals surface area contributed by atoms with Gasteiger partial charge in [0, 0.05) is 25.0 Å². The second kappa shape index (κ2) is 7.56. The normalized spacial score (nSPS) is 28.4. The van der Waals surface area contributed by atoms with Crippen molar-refractivity contribution in [3.63, 3.8) is 0 Å². The fourth-order valence-corrected chi connectivity index (χ4v) is 5.89. The summed E-state index contributed by atoms with van der Waals surface area (Å²) in [5.74, 6) is -2.31. The number of amides is 4. The van der Waals surface area contributed by atoms with E-state index in [1.165, 1.54) is 6.07 Å². The van der Waals surface area contributed by atoms with Crippen molar-refractivity contribution in [1.82, 2.24) is 15.5 Å². The molecule has 3 heterocycles. The Labute approximate surface area is 173 Å². The lowest BCUT2D eigenvalue weighted by Gasteiger charge is -2.29. The van der Waals surface area contributed by atoms with E-state index in [4.69, 9.17) is 5.73 Å². The molecule has 2 saturated heterocycles. The molecule has 160 valence electrons. The van der Waals surface area contributed by atoms with Gasteiger partial charge in [0.2, 0.25) is 11.8 Å². The Morgan fingerprint density at radius 2 is 1.90 bits per heavy atom. The number of hydrogen-bond donors (Lipinski definition) is 3. The smallest absolute Gasteiger partial charge is 0.262 e. The third-order valence-corrected chi connectivity index (χ3v) is 7.55. The molecule has 1 unspecified atom stereocenters. The Kier molecular flexibility index (Phi) is 5.20. The van der Waals surface area contributed by atoms with Crippen molar-refractivity contribution in [1.29, 1.82) is 0 Å². The van der Waals surface area contributed by atoms with Crippen LogP contribution < -0.4 is 16.4 Å². The molecular formula is C19H22N4O6S. The summed E-state index contributed by atoms with van der Waals surface area (Å²) < 4.78 is 23.8. The summed E-state index contributed by atoms with van der Waals surface area (Å²) in [4.78, 5) is 50.4. The van der Waals surface area contributed by atoms with E-state index in [9.17, 15) is 27.6 Å². The lowest BCUT2D eigenvalue weighted by Crippen LogP contribution is -2.54. The lowest BCUT2D eigenvalue weighted by atomic mass is 10.0. The van der Waals surface area contributed by atoms with Crippen LogP contribution >= 0.6 is 0 Å². The minimum Gasteiger partial charge on any atom is -0.326 e. The molecule has 3 aliphatic heterocycles. The summed E-state index contributed by atoms with van der Waals surface area (Å²) >= 11 is 0. The largest absolute Gasteiger partial charge is 0.326 e. The van der Waals surface area contributed by atoms with Crippen LogP contribution in [0.15, 0.2) is 18.2 Å². The Balaban J connectivity index is 1.56. The van der Waals surface area contributed by atoms with Gasteiger partial charge in [0.15, 0.2) is 9.84 Å². The van der Waals surface area contributed by atoms with E-state index in [0.29, 0.717) is 12.0 Å². The van der Waals surface area contributed by atoms with Gasteiger partial charge in [-0.1, -0.05) is 12.1 Å². The number of nitrogens with one attached hydrogen (secondary N) is 2. The van der Waals surface area contributed by atoms with Crippen molar-refractivity contribution in [3.05, 3.63) is 34.9 Å². The quantitative estimate of drug-likeness (QED) is 0.493. The van der Waals surface area contributed by atoms with E-state index in [1.54, 1.807) is 12.1 Å². The zero-order valence-corrected chi connectivity index (χ0v) is 16.9. The molecule has 0 bridgehead atoms. The van der Waals surface area contributed by atoms with Crippen LogP contribution in [0.4, 0.5) is 0 Å². The van der Waals surface area contributed by atoms with Gasteiger partial charge in [-0.3, -0.25) is 29.4 Å². The van der Waals surface area contributed by atoms with Crippen molar-refractivity contribution in [3.8, 4) is 0 Å². The molecule has 30 heavy (non-hydrogen) atoms. The van der Waals surface area contributed by atoms with E-state index >= 15 is 0 Å². The Bertz CT molecular complexity index is 1050. The molecule has 0 saturated carbocycles. The van der Waals surface area contributed by atoms with E-state index < -0.39 is 45.5 Å². The number of carbonyl (C=O) groups is 4. The van der Waals surface area contributed by atoms with E-state index in [-0.39, 0.29) is 48.1 Å². The van der Waals surface area contributed by atoms with Crippen LogP contribution in [-0.2, 0) is 26.0 Å². The van der Waals surface area contributed by atoms with Crippen LogP contribution in [0.5, 0.6) is 0 Å². The maximum Gasteiger partial charge on any atom is 0.262 e. The molecule has 0 aromatic heterocycles. The maximum absolute atomic E-state index is 13.1. The first kappa shape index (κ1) is 20.6. The second-order valence-corrected chi connectivity index (χ2v) is 10.1. The van der Waals surface area contributed by atoms with Crippen molar-refractivity contribution in [2.75, 3.05) is 11.5 Å². The molecule has 2 fully saturated rings. The summed E-state index contributed by atoms with van der Waals surface area (Å²) in [6.07, 6.45) is 0.484. The van der Waals surface area contributed by atoms with Crippen molar-refractivity contribution in [2.45, 2.75) is 43.9 Å². The molecule has 0 spiro atoms. The third kappa shape index (κ3) is 3.64. The minimum absolute atomic E-state index is 0.0479. The zero-order valence-electron chi connectivity index (χ0n) is 16.1. The Hall–Kier alpha value is -2.63. The highest BCUT2D eigenvalue weighted by atomic mass is 32.2. The fourth-order valence-electron chi connectivity index (χ4n) is 4.18. The van der Waals surface area contributed by atoms with Crippen molar-refractivity contribution >= 4 is 33.5 Å². The number of piperidine rings is 1. The standard InChI is InChI=1S/C19H22N4O6S/c20-12-6-7-30(28,29)9-13(12)21-8-10-2-1-3-11-16(10)19(27)23(18(11)26)14-4-5-15(24)22-17(14)25/h1-3,12-14,21H,4-9,20H2,(H,22,24,25)/t12-,13-,14?/m1/s1. The van der Waals surface area contributed by atoms with E-state index in [2.05, 4.69) is 10.6 Å². The number of fused-ring (bicyclic) bond motifs is 1. The molecule has 4 rings (SSSR count). The zero-order chi connectivity index (χ0) is 21.6. The minimum atomic E-state index is -3.18. The summed E-state index contributed by atoms with van der Waals surface area (Å²) in [5, 5.41) is 5.27. The van der Waals surface area contributed by atoms with Gasteiger partial charge >= 0.3 is 0 Å². The van der Waals surface area contributed by atoms with Crippen LogP contribution in [0.25, 0.3) is 0 Å². The first-order valence-electron chi connectivity index (χ1n) is 9.71. The number of hydrogen-bond acceptors (Lipinski definition) is 8. The predicted molar refractivity (Wildman–Crippen MR) is 105 cm³/mol. The molecule has 10 nitrogen and oxygen atoms in total. The van der Waals surface area contributed by atoms with Gasteiger partial charge in [0.05, 0.1) is 22.6 Å². The fraction of sp³-hybridized carbons (Fsp3) is 0.474. The molecule has 1 aromatic rings. The van der Waals surface area contributed by atoms with Crippen LogP contribution in [0.1, 0.15) is 45.5 Å². The van der Waals surface area contributed by atoms with Gasteiger partial charge in [-0.25, -0.2) is 8.42 Å². The number of carbonyl (C=O) groups excluding carboxylic acids is 4. The van der Waals surface area contributed by atoms with Gasteiger partial charge in [-0.15, -0.1) is 0 Å². The van der Waals surface area contributed by atoms with E-state index in [1.807, 2.05) is 0 Å². The molecule has 3 aliphatic rings. The summed E-state index contributed by atoms with van der Waals surface area (Å²) in [7, 11) is -3.18. The Morgan fingerprint density at radius 3 is 2.63 bits per heavy atom. The van der Waals surface area contributed by atoms with Gasteiger partial charge in [0.1, 0.15) is 6.04 Å². The van der Waals surface area contributed by atoms with Crippen LogP contribution in [-0.4, -0.2) is 66.6 Å². The highest BCUT2D eigenvalue weighted by Gasteiger charge is 2.45. The molecule has 0 radical (unpaired) electrons. The first-order valence-corrected chi connectivity index (χ1v) is 11.5. The number of nitrogens with two attached hydrogens (primary N) is 1. The molecule has 4 N–H and O–H groups in total. The molecule has 4 amide bonds. The third-order valence-electron chi connectivity index (χ3n) is 5.82. The number of sulfone groups is 1. The number of imide groups is 2. The van der Waals surface area contributed by atoms with Gasteiger partial charge in [0.25, 0.3) is 11.8 Å². The van der Waals surface area contributed by atoms with Gasteiger partial charge in [-0.05, 0) is 24.5 Å². The van der Waals surface area contributed by atoms with Crippen LogP contribution in [0.3, 0.4) is 0 Å². The average molecular weight is 434 g/mol. The number of rotatable bonds is 4. The predicted octanol–water partition coefficient (Wildman–Crippen LogP) is -1.31. The Morgan fingerprint density at radius 1 is 1.13 bits per heavy atom. The molecule has 3 atom stereocenters. The van der Waals surface area contributed by atoms with Crippen LogP contribution in [0.2, 0.25) is 0 Å². The average Bonchev–Trinajstić information content (AvgIpc) is 2.94. The van der Waals surface area contributed by atoms with E-state index in [0.717, 1.165) is 4.90 Å². The number of benzene rings is 1. The SMILES string of the molecule is N[C@@H]1CCS(=O)(=O)C[C@H]1NCc1cccc2c1C(=O)N(C1CCC(=O)NC1=O)C2=O. The topological polar surface area (TPSA) is 156 Å². The highest BCUT2D eigenvalue weighted by molar-refractivity contribution is 7.91. The lowest BCUT2D eigenvalue weighted by molar-refractivity contribution is -0.136. The maximum atomic E-state index is 13.1. The summed E-state index contributed by atoms with van der Waals surface area (Å²) in [6.45, 7) is 0.152. The molecule has 0 aliphatic carbocycles. The molecule has 1 aromatic carbocycles. The highest BCUT2D eigenvalue weighted by Crippen LogP contribution is 2.30. The van der Waals surface area contributed by atoms with Gasteiger partial charge < -0.3 is 11.1 Å². The first-order chi connectivity index (χ1) is 14.2. The summed E-state index contributed by atoms with van der Waals surface area (Å²) in [5.41, 5.74) is 6.94. The summed E-state index contributed by atoms with van der Waals surface area (Å²) in [6, 6.07) is 3.00. The van der Waals surface area contributed by atoms with Gasteiger partial charge in [-0.2, -0.15) is 0 Å². The van der Waals surface area contributed by atoms with Crippen molar-refractivity contribution in [2.24, 2.45) is 5.73 Å². The molecule has 11 heteroatoms.